The van der Waals surface area contributed by atoms with Crippen LogP contribution in [0.5, 0.6) is 0 Å². The Labute approximate surface area is 125 Å². The molecule has 1 aromatic rings. The molecule has 0 aromatic carbocycles. The van der Waals surface area contributed by atoms with Crippen molar-refractivity contribution in [1.82, 2.24) is 4.98 Å². The molecule has 0 aliphatic heterocycles. The fourth-order valence-electron chi connectivity index (χ4n) is 2.03. The molecule has 118 valence electrons. The number of aromatic nitrogens is 1. The maximum Gasteiger partial charge on any atom is 0.308 e. The molecule has 1 atom stereocenters. The van der Waals surface area contributed by atoms with Crippen LogP contribution in [-0.2, 0) is 14.6 Å². The molecule has 0 aliphatic carbocycles. The van der Waals surface area contributed by atoms with Crippen LogP contribution in [0.4, 0.5) is 5.82 Å². The van der Waals surface area contributed by atoms with Crippen molar-refractivity contribution in [1.29, 1.82) is 0 Å². The Balaban J connectivity index is 2.89. The number of carboxylic acids is 1. The average molecular weight is 314 g/mol. The standard InChI is InChI=1S/C14H22N2O4S/c1-14(2,3)8-10(13(17)18)9-16-12-11(21(4,19)20)6-5-7-15-12/h5-7,10H,8-9H2,1-4H3,(H,15,16)(H,17,18). The summed E-state index contributed by atoms with van der Waals surface area (Å²) >= 11 is 0. The molecule has 0 saturated carbocycles. The molecule has 0 fully saturated rings. The maximum atomic E-state index is 11.7. The summed E-state index contributed by atoms with van der Waals surface area (Å²) in [7, 11) is -3.41. The Morgan fingerprint density at radius 3 is 2.52 bits per heavy atom. The van der Waals surface area contributed by atoms with Crippen molar-refractivity contribution >= 4 is 21.6 Å². The van der Waals surface area contributed by atoms with Gasteiger partial charge in [-0.25, -0.2) is 13.4 Å². The predicted molar refractivity (Wildman–Crippen MR) is 81.0 cm³/mol. The lowest BCUT2D eigenvalue weighted by molar-refractivity contribution is -0.142. The minimum absolute atomic E-state index is 0.0740. The van der Waals surface area contributed by atoms with Gasteiger partial charge in [-0.2, -0.15) is 0 Å². The Kier molecular flexibility index (Phi) is 5.33. The predicted octanol–water partition coefficient (Wildman–Crippen LogP) is 2.03. The Hall–Kier alpha value is -1.63. The van der Waals surface area contributed by atoms with Gasteiger partial charge in [0, 0.05) is 19.0 Å². The van der Waals surface area contributed by atoms with Crippen LogP contribution >= 0.6 is 0 Å². The number of rotatable bonds is 6. The number of carbonyl (C=O) groups is 1. The number of hydrogen-bond acceptors (Lipinski definition) is 5. The number of anilines is 1. The van der Waals surface area contributed by atoms with E-state index in [2.05, 4.69) is 10.3 Å². The second kappa shape index (κ2) is 6.43. The third-order valence-electron chi connectivity index (χ3n) is 2.89. The number of carboxylic acid groups (broad SMARTS) is 1. The Bertz CT molecular complexity index is 606. The first-order valence-electron chi connectivity index (χ1n) is 6.62. The molecule has 0 spiro atoms. The lowest BCUT2D eigenvalue weighted by Crippen LogP contribution is -2.28. The molecular weight excluding hydrogens is 292 g/mol. The van der Waals surface area contributed by atoms with E-state index in [1.807, 2.05) is 20.8 Å². The van der Waals surface area contributed by atoms with E-state index < -0.39 is 21.7 Å². The highest BCUT2D eigenvalue weighted by atomic mass is 32.2. The van der Waals surface area contributed by atoms with Gasteiger partial charge < -0.3 is 10.4 Å². The van der Waals surface area contributed by atoms with Crippen LogP contribution in [0.3, 0.4) is 0 Å². The monoisotopic (exact) mass is 314 g/mol. The highest BCUT2D eigenvalue weighted by Crippen LogP contribution is 2.25. The Morgan fingerprint density at radius 1 is 1.43 bits per heavy atom. The number of sulfone groups is 1. The first-order valence-corrected chi connectivity index (χ1v) is 8.51. The van der Waals surface area contributed by atoms with Crippen molar-refractivity contribution in [3.8, 4) is 0 Å². The SMILES string of the molecule is CC(C)(C)CC(CNc1ncccc1S(C)(=O)=O)C(=O)O. The minimum Gasteiger partial charge on any atom is -0.481 e. The molecule has 6 nitrogen and oxygen atoms in total. The smallest absolute Gasteiger partial charge is 0.308 e. The molecule has 21 heavy (non-hydrogen) atoms. The molecule has 0 aliphatic rings. The number of nitrogens with zero attached hydrogens (tertiary/aromatic N) is 1. The van der Waals surface area contributed by atoms with Gasteiger partial charge in [-0.3, -0.25) is 4.79 Å². The molecule has 0 radical (unpaired) electrons. The Morgan fingerprint density at radius 2 is 2.05 bits per heavy atom. The van der Waals surface area contributed by atoms with Crippen molar-refractivity contribution < 1.29 is 18.3 Å². The summed E-state index contributed by atoms with van der Waals surface area (Å²) in [5.74, 6) is -1.33. The third-order valence-corrected chi connectivity index (χ3v) is 4.02. The van der Waals surface area contributed by atoms with E-state index in [0.29, 0.717) is 6.42 Å². The van der Waals surface area contributed by atoms with Crippen LogP contribution in [-0.4, -0.2) is 37.3 Å². The number of hydrogen-bond donors (Lipinski definition) is 2. The van der Waals surface area contributed by atoms with Crippen molar-refractivity contribution in [2.75, 3.05) is 18.1 Å². The summed E-state index contributed by atoms with van der Waals surface area (Å²) in [5.41, 5.74) is -0.130. The zero-order chi connectivity index (χ0) is 16.3. The van der Waals surface area contributed by atoms with Crippen LogP contribution in [0, 0.1) is 11.3 Å². The molecule has 1 unspecified atom stereocenters. The van der Waals surface area contributed by atoms with Gasteiger partial charge in [-0.15, -0.1) is 0 Å². The summed E-state index contributed by atoms with van der Waals surface area (Å²) in [6, 6.07) is 2.98. The van der Waals surface area contributed by atoms with Crippen molar-refractivity contribution in [3.63, 3.8) is 0 Å². The van der Waals surface area contributed by atoms with E-state index in [1.54, 1.807) is 0 Å². The van der Waals surface area contributed by atoms with Crippen LogP contribution in [0.15, 0.2) is 23.2 Å². The van der Waals surface area contributed by atoms with Gasteiger partial charge in [0.05, 0.1) is 5.92 Å². The first-order chi connectivity index (χ1) is 9.50. The van der Waals surface area contributed by atoms with E-state index in [1.165, 1.54) is 18.3 Å². The van der Waals surface area contributed by atoms with Crippen LogP contribution in [0.2, 0.25) is 0 Å². The number of pyridine rings is 1. The highest BCUT2D eigenvalue weighted by Gasteiger charge is 2.25. The fraction of sp³-hybridized carbons (Fsp3) is 0.571. The molecule has 0 saturated heterocycles. The van der Waals surface area contributed by atoms with E-state index in [-0.39, 0.29) is 22.7 Å². The normalized spacial score (nSPS) is 13.7. The summed E-state index contributed by atoms with van der Waals surface area (Å²) < 4.78 is 23.3. The largest absolute Gasteiger partial charge is 0.481 e. The summed E-state index contributed by atoms with van der Waals surface area (Å²) in [4.78, 5) is 15.4. The van der Waals surface area contributed by atoms with Crippen LogP contribution < -0.4 is 5.32 Å². The van der Waals surface area contributed by atoms with E-state index in [4.69, 9.17) is 0 Å². The highest BCUT2D eigenvalue weighted by molar-refractivity contribution is 7.90. The first kappa shape index (κ1) is 17.4. The van der Waals surface area contributed by atoms with Crippen LogP contribution in [0.25, 0.3) is 0 Å². The van der Waals surface area contributed by atoms with E-state index in [9.17, 15) is 18.3 Å². The summed E-state index contributed by atoms with van der Waals surface area (Å²) in [5, 5.41) is 12.1. The van der Waals surface area contributed by atoms with Gasteiger partial charge in [0.15, 0.2) is 9.84 Å². The maximum absolute atomic E-state index is 11.7. The second-order valence-electron chi connectivity index (χ2n) is 6.30. The van der Waals surface area contributed by atoms with Crippen molar-refractivity contribution in [2.24, 2.45) is 11.3 Å². The molecule has 0 amide bonds. The molecule has 1 heterocycles. The fourth-order valence-corrected chi connectivity index (χ4v) is 2.83. The lowest BCUT2D eigenvalue weighted by atomic mass is 9.84. The summed E-state index contributed by atoms with van der Waals surface area (Å²) in [6.07, 6.45) is 3.05. The summed E-state index contributed by atoms with van der Waals surface area (Å²) in [6.45, 7) is 6.02. The van der Waals surface area contributed by atoms with E-state index >= 15 is 0 Å². The lowest BCUT2D eigenvalue weighted by Gasteiger charge is -2.23. The van der Waals surface area contributed by atoms with E-state index in [0.717, 1.165) is 6.26 Å². The number of nitrogens with one attached hydrogen (secondary N) is 1. The molecule has 0 bridgehead atoms. The molecule has 2 N–H and O–H groups in total. The minimum atomic E-state index is -3.41. The zero-order valence-corrected chi connectivity index (χ0v) is 13.6. The van der Waals surface area contributed by atoms with Gasteiger partial charge in [-0.05, 0) is 24.0 Å². The van der Waals surface area contributed by atoms with Gasteiger partial charge in [0.2, 0.25) is 0 Å². The molecule has 7 heteroatoms. The quantitative estimate of drug-likeness (QED) is 0.834. The van der Waals surface area contributed by atoms with Crippen LogP contribution in [0.1, 0.15) is 27.2 Å². The van der Waals surface area contributed by atoms with Gasteiger partial charge in [0.1, 0.15) is 10.7 Å². The van der Waals surface area contributed by atoms with Crippen molar-refractivity contribution in [3.05, 3.63) is 18.3 Å². The molecule has 1 aromatic heterocycles. The zero-order valence-electron chi connectivity index (χ0n) is 12.8. The third kappa shape index (κ3) is 5.71. The average Bonchev–Trinajstić information content (AvgIpc) is 2.32. The van der Waals surface area contributed by atoms with Gasteiger partial charge >= 0.3 is 5.97 Å². The van der Waals surface area contributed by atoms with Gasteiger partial charge in [0.25, 0.3) is 0 Å². The number of aliphatic carboxylic acids is 1. The van der Waals surface area contributed by atoms with Crippen molar-refractivity contribution in [2.45, 2.75) is 32.1 Å². The molecular formula is C14H22N2O4S. The van der Waals surface area contributed by atoms with Gasteiger partial charge in [-0.1, -0.05) is 20.8 Å². The second-order valence-corrected chi connectivity index (χ2v) is 8.29. The molecule has 1 rings (SSSR count). The topological polar surface area (TPSA) is 96.4 Å².